The first-order valence-corrected chi connectivity index (χ1v) is 9.32. The quantitative estimate of drug-likeness (QED) is 0.485. The van der Waals surface area contributed by atoms with Crippen molar-refractivity contribution >= 4 is 13.8 Å². The van der Waals surface area contributed by atoms with E-state index in [9.17, 15) is 9.59 Å². The van der Waals surface area contributed by atoms with Crippen molar-refractivity contribution in [3.05, 3.63) is 87.6 Å². The molecule has 0 bridgehead atoms. The molecule has 0 aliphatic heterocycles. The van der Waals surface area contributed by atoms with Crippen molar-refractivity contribution in [2.45, 2.75) is 32.8 Å². The second kappa shape index (κ2) is 9.22. The van der Waals surface area contributed by atoms with Crippen molar-refractivity contribution in [2.24, 2.45) is 0 Å². The Kier molecular flexibility index (Phi) is 6.47. The molecule has 1 amide bonds. The number of pyridine rings is 1. The molecule has 0 spiro atoms. The minimum atomic E-state index is -0.124. The molecule has 0 saturated heterocycles. The summed E-state index contributed by atoms with van der Waals surface area (Å²) in [5.41, 5.74) is 3.38. The Labute approximate surface area is 165 Å². The highest BCUT2D eigenvalue weighted by molar-refractivity contribution is 6.08. The van der Waals surface area contributed by atoms with E-state index in [4.69, 9.17) is 7.85 Å². The highest BCUT2D eigenvalue weighted by atomic mass is 16.1. The number of carbonyl (C=O) groups excluding carboxylic acids is 1. The zero-order chi connectivity index (χ0) is 19.9. The summed E-state index contributed by atoms with van der Waals surface area (Å²) in [5, 5.41) is 7.30. The minimum Gasteiger partial charge on any atom is -0.352 e. The number of hydrogen-bond donors (Lipinski definition) is 1. The number of benzene rings is 1. The van der Waals surface area contributed by atoms with E-state index in [2.05, 4.69) is 10.4 Å². The van der Waals surface area contributed by atoms with Crippen LogP contribution in [0.4, 0.5) is 0 Å². The van der Waals surface area contributed by atoms with Crippen LogP contribution in [0.1, 0.15) is 33.6 Å². The summed E-state index contributed by atoms with van der Waals surface area (Å²) in [5.74, 6) is -0.124. The molecular formula is C21H23BN4O2. The molecule has 3 rings (SSSR count). The summed E-state index contributed by atoms with van der Waals surface area (Å²) >= 11 is 0. The highest BCUT2D eigenvalue weighted by Crippen LogP contribution is 2.10. The summed E-state index contributed by atoms with van der Waals surface area (Å²) in [6.07, 6.45) is 4.85. The number of rotatable bonds is 8. The molecule has 0 unspecified atom stereocenters. The van der Waals surface area contributed by atoms with Crippen LogP contribution in [0.3, 0.4) is 0 Å². The molecule has 0 aliphatic carbocycles. The van der Waals surface area contributed by atoms with Crippen molar-refractivity contribution in [3.8, 4) is 0 Å². The first-order chi connectivity index (χ1) is 13.6. The second-order valence-electron chi connectivity index (χ2n) is 6.71. The monoisotopic (exact) mass is 374 g/mol. The lowest BCUT2D eigenvalue weighted by Crippen LogP contribution is -2.24. The molecule has 28 heavy (non-hydrogen) atoms. The predicted molar refractivity (Wildman–Crippen MR) is 110 cm³/mol. The van der Waals surface area contributed by atoms with E-state index in [0.29, 0.717) is 37.2 Å². The Balaban J connectivity index is 1.64. The zero-order valence-corrected chi connectivity index (χ0v) is 16.0. The summed E-state index contributed by atoms with van der Waals surface area (Å²) in [6.45, 7) is 3.50. The molecule has 2 radical (unpaired) electrons. The van der Waals surface area contributed by atoms with Gasteiger partial charge in [0, 0.05) is 25.0 Å². The van der Waals surface area contributed by atoms with Gasteiger partial charge in [-0.3, -0.25) is 14.3 Å². The molecule has 3 aromatic rings. The van der Waals surface area contributed by atoms with Crippen molar-refractivity contribution in [2.75, 3.05) is 6.54 Å². The van der Waals surface area contributed by atoms with Gasteiger partial charge in [0.15, 0.2) is 0 Å². The maximum atomic E-state index is 12.2. The normalized spacial score (nSPS) is 10.8. The fourth-order valence-electron chi connectivity index (χ4n) is 2.95. The standard InChI is InChI=1S/C21H23BN4O2/c1-16-19(21(28)23-11-4-10-22)15-26(24-16)14-18-8-6-17(7-9-18)13-25-12-3-2-5-20(25)27/h2-3,5-9,12,15H,4,10-11,13-14H2,1H3,(H,23,28). The van der Waals surface area contributed by atoms with E-state index in [-0.39, 0.29) is 11.5 Å². The number of nitrogens with one attached hydrogen (secondary N) is 1. The van der Waals surface area contributed by atoms with Crippen LogP contribution in [0, 0.1) is 6.92 Å². The highest BCUT2D eigenvalue weighted by Gasteiger charge is 2.13. The topological polar surface area (TPSA) is 68.9 Å². The third-order valence-electron chi connectivity index (χ3n) is 4.48. The maximum absolute atomic E-state index is 12.2. The zero-order valence-electron chi connectivity index (χ0n) is 16.0. The number of carbonyl (C=O) groups is 1. The van der Waals surface area contributed by atoms with Gasteiger partial charge in [0.2, 0.25) is 0 Å². The Hall–Kier alpha value is -3.09. The maximum Gasteiger partial charge on any atom is 0.254 e. The third-order valence-corrected chi connectivity index (χ3v) is 4.48. The molecule has 0 aliphatic rings. The van der Waals surface area contributed by atoms with Gasteiger partial charge in [-0.25, -0.2) is 0 Å². The van der Waals surface area contributed by atoms with Gasteiger partial charge in [-0.1, -0.05) is 36.7 Å². The fourth-order valence-corrected chi connectivity index (χ4v) is 2.95. The molecule has 0 fully saturated rings. The smallest absolute Gasteiger partial charge is 0.254 e. The Morgan fingerprint density at radius 2 is 1.82 bits per heavy atom. The summed E-state index contributed by atoms with van der Waals surface area (Å²) in [6, 6.07) is 13.2. The largest absolute Gasteiger partial charge is 0.352 e. The molecule has 7 heteroatoms. The molecule has 142 valence electrons. The SMILES string of the molecule is [B]CCCNC(=O)c1cn(Cc2ccc(Cn3ccccc3=O)cc2)nc1C. The van der Waals surface area contributed by atoms with Crippen molar-refractivity contribution in [1.82, 2.24) is 19.7 Å². The van der Waals surface area contributed by atoms with E-state index < -0.39 is 0 Å². The van der Waals surface area contributed by atoms with E-state index in [1.807, 2.05) is 37.3 Å². The van der Waals surface area contributed by atoms with Crippen LogP contribution in [0.2, 0.25) is 6.32 Å². The molecule has 1 aromatic carbocycles. The molecule has 0 atom stereocenters. The summed E-state index contributed by atoms with van der Waals surface area (Å²) < 4.78 is 3.44. The Morgan fingerprint density at radius 3 is 2.50 bits per heavy atom. The van der Waals surface area contributed by atoms with E-state index in [0.717, 1.165) is 17.5 Å². The molecule has 1 N–H and O–H groups in total. The fraction of sp³-hybridized carbons (Fsp3) is 0.286. The molecule has 0 saturated carbocycles. The third kappa shape index (κ3) is 5.00. The number of nitrogens with zero attached hydrogens (tertiary/aromatic N) is 3. The average Bonchev–Trinajstić information content (AvgIpc) is 3.05. The van der Waals surface area contributed by atoms with Crippen LogP contribution >= 0.6 is 0 Å². The molecular weight excluding hydrogens is 351 g/mol. The van der Waals surface area contributed by atoms with Crippen molar-refractivity contribution < 1.29 is 4.79 Å². The lowest BCUT2D eigenvalue weighted by atomic mass is 10.0. The van der Waals surface area contributed by atoms with Gasteiger partial charge in [-0.2, -0.15) is 5.10 Å². The minimum absolute atomic E-state index is 0.0177. The van der Waals surface area contributed by atoms with Gasteiger partial charge in [-0.05, 0) is 30.5 Å². The predicted octanol–water partition coefficient (Wildman–Crippen LogP) is 2.16. The van der Waals surface area contributed by atoms with E-state index in [1.165, 1.54) is 0 Å². The van der Waals surface area contributed by atoms with Gasteiger partial charge in [-0.15, -0.1) is 0 Å². The van der Waals surface area contributed by atoms with Crippen LogP contribution < -0.4 is 10.9 Å². The van der Waals surface area contributed by atoms with Gasteiger partial charge in [0.05, 0.1) is 32.2 Å². The average molecular weight is 374 g/mol. The molecule has 2 aromatic heterocycles. The van der Waals surface area contributed by atoms with Gasteiger partial charge in [0.25, 0.3) is 11.5 Å². The Bertz CT molecular complexity index is 992. The first kappa shape index (κ1) is 19.7. The number of hydrogen-bond acceptors (Lipinski definition) is 3. The second-order valence-corrected chi connectivity index (χ2v) is 6.71. The van der Waals surface area contributed by atoms with E-state index >= 15 is 0 Å². The van der Waals surface area contributed by atoms with Crippen LogP contribution in [0.15, 0.2) is 59.7 Å². The molecule has 2 heterocycles. The first-order valence-electron chi connectivity index (χ1n) is 9.32. The summed E-state index contributed by atoms with van der Waals surface area (Å²) in [4.78, 5) is 24.0. The number of amides is 1. The Morgan fingerprint density at radius 1 is 1.11 bits per heavy atom. The van der Waals surface area contributed by atoms with Crippen LogP contribution in [0.25, 0.3) is 0 Å². The summed E-state index contributed by atoms with van der Waals surface area (Å²) in [7, 11) is 5.45. The van der Waals surface area contributed by atoms with Crippen LogP contribution in [-0.2, 0) is 13.1 Å². The number of aryl methyl sites for hydroxylation is 1. The van der Waals surface area contributed by atoms with E-state index in [1.54, 1.807) is 33.8 Å². The van der Waals surface area contributed by atoms with Crippen LogP contribution in [-0.4, -0.2) is 34.6 Å². The van der Waals surface area contributed by atoms with Crippen molar-refractivity contribution in [3.63, 3.8) is 0 Å². The van der Waals surface area contributed by atoms with Gasteiger partial charge in [0.1, 0.15) is 0 Å². The van der Waals surface area contributed by atoms with Crippen LogP contribution in [0.5, 0.6) is 0 Å². The lowest BCUT2D eigenvalue weighted by Gasteiger charge is -2.07. The lowest BCUT2D eigenvalue weighted by molar-refractivity contribution is 0.0953. The number of aromatic nitrogens is 3. The van der Waals surface area contributed by atoms with Gasteiger partial charge >= 0.3 is 0 Å². The van der Waals surface area contributed by atoms with Crippen molar-refractivity contribution in [1.29, 1.82) is 0 Å². The molecule has 6 nitrogen and oxygen atoms in total. The van der Waals surface area contributed by atoms with Gasteiger partial charge < -0.3 is 9.88 Å².